The maximum absolute atomic E-state index is 13.8. The molecule has 21 heavy (non-hydrogen) atoms. The van der Waals surface area contributed by atoms with Crippen LogP contribution in [0.4, 0.5) is 10.1 Å². The minimum Gasteiger partial charge on any atom is -0.378 e. The van der Waals surface area contributed by atoms with Crippen LogP contribution in [-0.2, 0) is 9.53 Å². The summed E-state index contributed by atoms with van der Waals surface area (Å²) >= 11 is 0. The molecule has 1 aromatic rings. The Morgan fingerprint density at radius 3 is 2.67 bits per heavy atom. The van der Waals surface area contributed by atoms with E-state index in [1.165, 1.54) is 6.07 Å². The number of amides is 1. The fraction of sp³-hybridized carbons (Fsp3) is 0.533. The molecule has 114 valence electrons. The van der Waals surface area contributed by atoms with Crippen LogP contribution < -0.4 is 10.2 Å². The summed E-state index contributed by atoms with van der Waals surface area (Å²) in [5, 5.41) is 3.18. The molecule has 2 heterocycles. The molecular formula is C15H20FN3O2. The van der Waals surface area contributed by atoms with Crippen LogP contribution in [0.3, 0.4) is 0 Å². The van der Waals surface area contributed by atoms with Crippen LogP contribution >= 0.6 is 0 Å². The lowest BCUT2D eigenvalue weighted by Gasteiger charge is -2.38. The smallest absolute Gasteiger partial charge is 0.242 e. The fourth-order valence-electron chi connectivity index (χ4n) is 2.82. The van der Waals surface area contributed by atoms with Gasteiger partial charge in [0.25, 0.3) is 0 Å². The third-order valence-corrected chi connectivity index (χ3v) is 4.00. The van der Waals surface area contributed by atoms with Crippen molar-refractivity contribution < 1.29 is 13.9 Å². The van der Waals surface area contributed by atoms with Crippen molar-refractivity contribution in [3.05, 3.63) is 30.1 Å². The van der Waals surface area contributed by atoms with Crippen LogP contribution in [0, 0.1) is 5.82 Å². The number of benzene rings is 1. The molecule has 5 nitrogen and oxygen atoms in total. The third-order valence-electron chi connectivity index (χ3n) is 4.00. The number of ether oxygens (including phenoxy) is 1. The highest BCUT2D eigenvalue weighted by Gasteiger charge is 2.29. The first kappa shape index (κ1) is 14.3. The van der Waals surface area contributed by atoms with Gasteiger partial charge < -0.3 is 19.9 Å². The van der Waals surface area contributed by atoms with Crippen LogP contribution in [0.5, 0.6) is 0 Å². The molecule has 0 spiro atoms. The Hall–Kier alpha value is -1.66. The number of morpholine rings is 1. The van der Waals surface area contributed by atoms with Gasteiger partial charge in [-0.3, -0.25) is 4.79 Å². The Kier molecular flexibility index (Phi) is 4.36. The Morgan fingerprint density at radius 1 is 1.24 bits per heavy atom. The van der Waals surface area contributed by atoms with E-state index >= 15 is 0 Å². The van der Waals surface area contributed by atoms with E-state index in [4.69, 9.17) is 4.74 Å². The summed E-state index contributed by atoms with van der Waals surface area (Å²) in [5.74, 6) is -0.123. The molecule has 0 bridgehead atoms. The van der Waals surface area contributed by atoms with Gasteiger partial charge in [0.15, 0.2) is 0 Å². The van der Waals surface area contributed by atoms with E-state index in [2.05, 4.69) is 5.32 Å². The molecule has 0 radical (unpaired) electrons. The average molecular weight is 293 g/mol. The number of nitrogens with zero attached hydrogens (tertiary/aromatic N) is 2. The predicted molar refractivity (Wildman–Crippen MR) is 77.8 cm³/mol. The highest BCUT2D eigenvalue weighted by molar-refractivity contribution is 5.82. The van der Waals surface area contributed by atoms with E-state index in [1.807, 2.05) is 15.9 Å². The second-order valence-electron chi connectivity index (χ2n) is 5.35. The zero-order valence-electron chi connectivity index (χ0n) is 11.9. The summed E-state index contributed by atoms with van der Waals surface area (Å²) in [4.78, 5) is 16.2. The Labute approximate surface area is 123 Å². The Balaban J connectivity index is 1.57. The Morgan fingerprint density at radius 2 is 2.00 bits per heavy atom. The van der Waals surface area contributed by atoms with Crippen LogP contribution in [0.1, 0.15) is 0 Å². The fourth-order valence-corrected chi connectivity index (χ4v) is 2.82. The molecule has 2 aliphatic rings. The number of carbonyl (C=O) groups is 1. The van der Waals surface area contributed by atoms with Gasteiger partial charge in [-0.2, -0.15) is 0 Å². The summed E-state index contributed by atoms with van der Waals surface area (Å²) in [6.45, 7) is 4.35. The van der Waals surface area contributed by atoms with Crippen molar-refractivity contribution in [2.45, 2.75) is 6.04 Å². The number of carbonyl (C=O) groups excluding carboxylic acids is 1. The molecule has 0 saturated carbocycles. The number of para-hydroxylation sites is 1. The molecule has 6 heteroatoms. The molecule has 1 amide bonds. The topological polar surface area (TPSA) is 44.8 Å². The van der Waals surface area contributed by atoms with Gasteiger partial charge in [-0.05, 0) is 12.1 Å². The summed E-state index contributed by atoms with van der Waals surface area (Å²) in [6, 6.07) is 6.53. The first-order valence-electron chi connectivity index (χ1n) is 7.35. The first-order valence-corrected chi connectivity index (χ1v) is 7.35. The highest BCUT2D eigenvalue weighted by atomic mass is 19.1. The summed E-state index contributed by atoms with van der Waals surface area (Å²) in [5.41, 5.74) is 0.615. The third kappa shape index (κ3) is 3.16. The van der Waals surface area contributed by atoms with E-state index in [-0.39, 0.29) is 17.8 Å². The number of nitrogens with one attached hydrogen (secondary N) is 1. The van der Waals surface area contributed by atoms with Gasteiger partial charge in [0.2, 0.25) is 5.91 Å². The summed E-state index contributed by atoms with van der Waals surface area (Å²) < 4.78 is 19.1. The van der Waals surface area contributed by atoms with Crippen molar-refractivity contribution in [1.82, 2.24) is 10.2 Å². The number of anilines is 1. The van der Waals surface area contributed by atoms with Crippen molar-refractivity contribution in [3.63, 3.8) is 0 Å². The zero-order valence-corrected chi connectivity index (χ0v) is 11.9. The minimum atomic E-state index is -0.237. The summed E-state index contributed by atoms with van der Waals surface area (Å²) in [6.07, 6.45) is 0. The normalized spacial score (nSPS) is 23.2. The van der Waals surface area contributed by atoms with Gasteiger partial charge in [0.05, 0.1) is 18.9 Å². The number of hydrogen-bond acceptors (Lipinski definition) is 4. The van der Waals surface area contributed by atoms with Crippen molar-refractivity contribution in [3.8, 4) is 0 Å². The van der Waals surface area contributed by atoms with Gasteiger partial charge >= 0.3 is 0 Å². The number of piperazine rings is 1. The maximum Gasteiger partial charge on any atom is 0.242 e. The van der Waals surface area contributed by atoms with Crippen molar-refractivity contribution in [2.24, 2.45) is 0 Å². The van der Waals surface area contributed by atoms with E-state index in [0.717, 1.165) is 0 Å². The monoisotopic (exact) mass is 293 g/mol. The minimum absolute atomic E-state index is 0.0860. The molecule has 0 aromatic heterocycles. The molecule has 1 N–H and O–H groups in total. The quantitative estimate of drug-likeness (QED) is 0.860. The molecular weight excluding hydrogens is 273 g/mol. The van der Waals surface area contributed by atoms with Crippen molar-refractivity contribution in [1.29, 1.82) is 0 Å². The predicted octanol–water partition coefficient (Wildman–Crippen LogP) is 0.463. The summed E-state index contributed by atoms with van der Waals surface area (Å²) in [7, 11) is 0. The van der Waals surface area contributed by atoms with Gasteiger partial charge in [0.1, 0.15) is 11.9 Å². The zero-order chi connectivity index (χ0) is 14.7. The molecule has 3 rings (SSSR count). The van der Waals surface area contributed by atoms with Crippen molar-refractivity contribution >= 4 is 11.6 Å². The average Bonchev–Trinajstić information content (AvgIpc) is 2.56. The van der Waals surface area contributed by atoms with Crippen LogP contribution in [0.15, 0.2) is 24.3 Å². The Bertz CT molecular complexity index is 497. The SMILES string of the molecule is O=C(C1COCCN1)N1CCN(c2ccccc2F)CC1. The highest BCUT2D eigenvalue weighted by Crippen LogP contribution is 2.20. The standard InChI is InChI=1S/C15H20FN3O2/c16-12-3-1-2-4-14(12)18-6-8-19(9-7-18)15(20)13-11-21-10-5-17-13/h1-4,13,17H,5-11H2. The van der Waals surface area contributed by atoms with Gasteiger partial charge in [-0.25, -0.2) is 4.39 Å². The van der Waals surface area contributed by atoms with E-state index in [1.54, 1.807) is 12.1 Å². The van der Waals surface area contributed by atoms with E-state index in [0.29, 0.717) is 51.6 Å². The molecule has 1 unspecified atom stereocenters. The molecule has 2 aliphatic heterocycles. The van der Waals surface area contributed by atoms with Crippen LogP contribution in [0.2, 0.25) is 0 Å². The molecule has 1 aromatic carbocycles. The lowest BCUT2D eigenvalue weighted by molar-refractivity contribution is -0.136. The number of hydrogen-bond donors (Lipinski definition) is 1. The lowest BCUT2D eigenvalue weighted by atomic mass is 10.2. The van der Waals surface area contributed by atoms with E-state index in [9.17, 15) is 9.18 Å². The van der Waals surface area contributed by atoms with Crippen molar-refractivity contribution in [2.75, 3.05) is 50.8 Å². The second kappa shape index (κ2) is 6.41. The molecule has 1 atom stereocenters. The van der Waals surface area contributed by atoms with Gasteiger partial charge in [-0.1, -0.05) is 12.1 Å². The lowest BCUT2D eigenvalue weighted by Crippen LogP contribution is -2.57. The molecule has 2 saturated heterocycles. The molecule has 2 fully saturated rings. The van der Waals surface area contributed by atoms with Crippen LogP contribution in [-0.4, -0.2) is 62.8 Å². The number of halogens is 1. The van der Waals surface area contributed by atoms with E-state index < -0.39 is 0 Å². The van der Waals surface area contributed by atoms with Gasteiger partial charge in [-0.15, -0.1) is 0 Å². The van der Waals surface area contributed by atoms with Crippen LogP contribution in [0.25, 0.3) is 0 Å². The van der Waals surface area contributed by atoms with Gasteiger partial charge in [0, 0.05) is 32.7 Å². The number of rotatable bonds is 2. The molecule has 0 aliphatic carbocycles. The maximum atomic E-state index is 13.8. The first-order chi connectivity index (χ1) is 10.3. The second-order valence-corrected chi connectivity index (χ2v) is 5.35. The largest absolute Gasteiger partial charge is 0.378 e.